The molecule has 1 amide bonds. The first-order valence-corrected chi connectivity index (χ1v) is 8.70. The number of phenolic OH excluding ortho intramolecular Hbond substituents is 1. The van der Waals surface area contributed by atoms with Gasteiger partial charge >= 0.3 is 5.97 Å². The number of ether oxygens (including phenoxy) is 1. The van der Waals surface area contributed by atoms with Crippen LogP contribution in [0.5, 0.6) is 11.5 Å². The van der Waals surface area contributed by atoms with E-state index in [1.165, 1.54) is 19.2 Å². The van der Waals surface area contributed by atoms with Gasteiger partial charge in [-0.2, -0.15) is 0 Å². The van der Waals surface area contributed by atoms with Gasteiger partial charge in [0.25, 0.3) is 5.91 Å². The molecule has 0 spiro atoms. The van der Waals surface area contributed by atoms with Crippen molar-refractivity contribution in [3.05, 3.63) is 59.8 Å². The first-order valence-electron chi connectivity index (χ1n) is 8.70. The number of aromatic nitrogens is 1. The summed E-state index contributed by atoms with van der Waals surface area (Å²) in [7, 11) is 1.47. The van der Waals surface area contributed by atoms with Crippen molar-refractivity contribution < 1.29 is 29.1 Å². The zero-order chi connectivity index (χ0) is 20.8. The van der Waals surface area contributed by atoms with Gasteiger partial charge in [0.05, 0.1) is 0 Å². The molecule has 0 saturated heterocycles. The molecule has 4 N–H and O–H groups in total. The second-order valence-corrected chi connectivity index (χ2v) is 5.97. The third kappa shape index (κ3) is 4.64. The zero-order valence-corrected chi connectivity index (χ0v) is 15.5. The number of carbonyl (C=O) groups excluding carboxylic acids is 1. The number of carboxylic acid groups (broad SMARTS) is 1. The van der Waals surface area contributed by atoms with Gasteiger partial charge in [0.15, 0.2) is 11.5 Å². The first-order chi connectivity index (χ1) is 14.0. The summed E-state index contributed by atoms with van der Waals surface area (Å²) in [5.41, 5.74) is 1.36. The van der Waals surface area contributed by atoms with Crippen LogP contribution in [0.25, 0.3) is 11.3 Å². The number of nitrogens with one attached hydrogen (secondary N) is 2. The molecule has 0 saturated carbocycles. The third-order valence-electron chi connectivity index (χ3n) is 4.02. The van der Waals surface area contributed by atoms with Crippen molar-refractivity contribution in [1.82, 2.24) is 10.5 Å². The van der Waals surface area contributed by atoms with Gasteiger partial charge in [0.1, 0.15) is 23.7 Å². The van der Waals surface area contributed by atoms with Crippen molar-refractivity contribution in [3.8, 4) is 22.8 Å². The third-order valence-corrected chi connectivity index (χ3v) is 4.02. The summed E-state index contributed by atoms with van der Waals surface area (Å²) in [4.78, 5) is 22.8. The second-order valence-electron chi connectivity index (χ2n) is 5.97. The lowest BCUT2D eigenvalue weighted by atomic mass is 10.1. The minimum Gasteiger partial charge on any atom is -0.507 e. The van der Waals surface area contributed by atoms with E-state index in [1.807, 2.05) is 6.07 Å². The van der Waals surface area contributed by atoms with E-state index >= 15 is 0 Å². The number of aromatic hydroxyl groups is 1. The van der Waals surface area contributed by atoms with Crippen molar-refractivity contribution in [2.24, 2.45) is 0 Å². The highest BCUT2D eigenvalue weighted by molar-refractivity contribution is 5.99. The molecule has 0 bridgehead atoms. The van der Waals surface area contributed by atoms with Crippen LogP contribution in [0.3, 0.4) is 0 Å². The lowest BCUT2D eigenvalue weighted by Gasteiger charge is -2.13. The Hall–Kier alpha value is -4.01. The molecule has 1 heterocycles. The summed E-state index contributed by atoms with van der Waals surface area (Å²) in [6.45, 7) is 0.659. The fraction of sp³-hybridized carbons (Fsp3) is 0.150. The van der Waals surface area contributed by atoms with Crippen LogP contribution in [0.15, 0.2) is 53.1 Å². The van der Waals surface area contributed by atoms with Crippen LogP contribution in [-0.2, 0) is 0 Å². The van der Waals surface area contributed by atoms with Crippen LogP contribution in [0.2, 0.25) is 0 Å². The summed E-state index contributed by atoms with van der Waals surface area (Å²) >= 11 is 0. The van der Waals surface area contributed by atoms with E-state index in [-0.39, 0.29) is 29.4 Å². The molecule has 0 aliphatic carbocycles. The van der Waals surface area contributed by atoms with Crippen LogP contribution >= 0.6 is 0 Å². The molecule has 3 aromatic rings. The molecule has 0 aliphatic heterocycles. The number of benzene rings is 2. The molecule has 1 aromatic heterocycles. The average Bonchev–Trinajstić information content (AvgIpc) is 3.22. The Bertz CT molecular complexity index is 1030. The number of rotatable bonds is 8. The maximum atomic E-state index is 11.9. The number of hydrogen-bond acceptors (Lipinski definition) is 7. The minimum absolute atomic E-state index is 0.0801. The predicted molar refractivity (Wildman–Crippen MR) is 104 cm³/mol. The number of nitrogens with zero attached hydrogens (tertiary/aromatic N) is 1. The van der Waals surface area contributed by atoms with Crippen LogP contribution in [0, 0.1) is 0 Å². The van der Waals surface area contributed by atoms with Crippen molar-refractivity contribution in [2.75, 3.05) is 25.5 Å². The Morgan fingerprint density at radius 3 is 2.69 bits per heavy atom. The lowest BCUT2D eigenvalue weighted by Crippen LogP contribution is -2.20. The van der Waals surface area contributed by atoms with E-state index in [9.17, 15) is 14.7 Å². The van der Waals surface area contributed by atoms with Gasteiger partial charge < -0.3 is 30.1 Å². The summed E-state index contributed by atoms with van der Waals surface area (Å²) in [5, 5.41) is 28.0. The number of aromatic carboxylic acids is 1. The Morgan fingerprint density at radius 1 is 1.17 bits per heavy atom. The van der Waals surface area contributed by atoms with E-state index in [1.54, 1.807) is 30.3 Å². The molecule has 0 atom stereocenters. The standard InChI is InChI=1S/C20H19N3O6/c1-21-19(25)18-15(24)6-3-7-16(18)28-9-8-22-13-5-2-4-12(10-13)17-11-14(20(26)27)23-29-17/h2-7,10-11,22,24H,8-9H2,1H3,(H,21,25)(H,26,27). The van der Waals surface area contributed by atoms with Crippen molar-refractivity contribution in [2.45, 2.75) is 0 Å². The van der Waals surface area contributed by atoms with Crippen molar-refractivity contribution in [3.63, 3.8) is 0 Å². The van der Waals surface area contributed by atoms with Gasteiger partial charge in [0.2, 0.25) is 0 Å². The molecule has 9 heteroatoms. The molecule has 150 valence electrons. The van der Waals surface area contributed by atoms with E-state index in [0.717, 1.165) is 5.69 Å². The topological polar surface area (TPSA) is 134 Å². The maximum Gasteiger partial charge on any atom is 0.358 e. The largest absolute Gasteiger partial charge is 0.507 e. The molecule has 0 radical (unpaired) electrons. The zero-order valence-electron chi connectivity index (χ0n) is 15.5. The molecular weight excluding hydrogens is 378 g/mol. The van der Waals surface area contributed by atoms with E-state index in [0.29, 0.717) is 17.9 Å². The van der Waals surface area contributed by atoms with Crippen LogP contribution in [-0.4, -0.2) is 47.4 Å². The van der Waals surface area contributed by atoms with E-state index < -0.39 is 11.9 Å². The highest BCUT2D eigenvalue weighted by Gasteiger charge is 2.16. The fourth-order valence-corrected chi connectivity index (χ4v) is 2.64. The molecule has 9 nitrogen and oxygen atoms in total. The molecule has 0 unspecified atom stereocenters. The van der Waals surface area contributed by atoms with E-state index in [4.69, 9.17) is 14.4 Å². The van der Waals surface area contributed by atoms with Gasteiger partial charge in [-0.15, -0.1) is 0 Å². The maximum absolute atomic E-state index is 11.9. The van der Waals surface area contributed by atoms with Crippen LogP contribution in [0.4, 0.5) is 5.69 Å². The van der Waals surface area contributed by atoms with Crippen molar-refractivity contribution >= 4 is 17.6 Å². The number of amides is 1. The Morgan fingerprint density at radius 2 is 1.97 bits per heavy atom. The number of hydrogen-bond donors (Lipinski definition) is 4. The highest BCUT2D eigenvalue weighted by Crippen LogP contribution is 2.27. The summed E-state index contributed by atoms with van der Waals surface area (Å²) in [5.74, 6) is -1.13. The van der Waals surface area contributed by atoms with Crippen LogP contribution in [0.1, 0.15) is 20.8 Å². The van der Waals surface area contributed by atoms with E-state index in [2.05, 4.69) is 15.8 Å². The molecule has 0 fully saturated rings. The Balaban J connectivity index is 1.61. The Kier molecular flexibility index (Phi) is 5.98. The number of phenols is 1. The number of anilines is 1. The van der Waals surface area contributed by atoms with Crippen molar-refractivity contribution in [1.29, 1.82) is 0 Å². The van der Waals surface area contributed by atoms with Gasteiger partial charge in [0, 0.05) is 30.9 Å². The molecule has 3 rings (SSSR count). The summed E-state index contributed by atoms with van der Waals surface area (Å²) in [6.07, 6.45) is 0. The fourth-order valence-electron chi connectivity index (χ4n) is 2.64. The quantitative estimate of drug-likeness (QED) is 0.426. The highest BCUT2D eigenvalue weighted by atomic mass is 16.5. The smallest absolute Gasteiger partial charge is 0.358 e. The summed E-state index contributed by atoms with van der Waals surface area (Å²) in [6, 6.07) is 13.2. The van der Waals surface area contributed by atoms with Crippen LogP contribution < -0.4 is 15.4 Å². The lowest BCUT2D eigenvalue weighted by molar-refractivity contribution is 0.0685. The Labute approximate surface area is 165 Å². The number of carboxylic acids is 1. The molecule has 0 aliphatic rings. The van der Waals surface area contributed by atoms with Gasteiger partial charge in [-0.1, -0.05) is 23.4 Å². The van der Waals surface area contributed by atoms with Gasteiger partial charge in [-0.25, -0.2) is 4.79 Å². The monoisotopic (exact) mass is 397 g/mol. The minimum atomic E-state index is -1.16. The van der Waals surface area contributed by atoms with Gasteiger partial charge in [-0.05, 0) is 24.3 Å². The normalized spacial score (nSPS) is 10.4. The predicted octanol–water partition coefficient (Wildman–Crippen LogP) is 2.60. The molecule has 2 aromatic carbocycles. The molecule has 29 heavy (non-hydrogen) atoms. The first kappa shape index (κ1) is 19.7. The SMILES string of the molecule is CNC(=O)c1c(O)cccc1OCCNc1cccc(-c2cc(C(=O)O)no2)c1. The number of carbonyl (C=O) groups is 2. The van der Waals surface area contributed by atoms with Gasteiger partial charge in [-0.3, -0.25) is 4.79 Å². The summed E-state index contributed by atoms with van der Waals surface area (Å²) < 4.78 is 10.7. The molecular formula is C20H19N3O6. The average molecular weight is 397 g/mol. The second kappa shape index (κ2) is 8.79.